The molecule has 1 aromatic carbocycles. The van der Waals surface area contributed by atoms with Gasteiger partial charge in [-0.25, -0.2) is 4.98 Å². The minimum atomic E-state index is -0.231. The highest BCUT2D eigenvalue weighted by Crippen LogP contribution is 2.35. The Morgan fingerprint density at radius 2 is 2.23 bits per heavy atom. The highest BCUT2D eigenvalue weighted by molar-refractivity contribution is 7.21. The normalized spacial score (nSPS) is 14.4. The summed E-state index contributed by atoms with van der Waals surface area (Å²) < 4.78 is 0. The molecule has 0 unspecified atom stereocenters. The second-order valence-corrected chi connectivity index (χ2v) is 8.05. The highest BCUT2D eigenvalue weighted by Gasteiger charge is 2.22. The number of carbonyl (C=O) groups excluding carboxylic acids is 1. The molecule has 0 atom stereocenters. The smallest absolute Gasteiger partial charge is 0.267 e. The number of pyridine rings is 1. The molecular weight excluding hydrogens is 368 g/mol. The van der Waals surface area contributed by atoms with Crippen molar-refractivity contribution in [1.82, 2.24) is 9.88 Å². The van der Waals surface area contributed by atoms with Crippen LogP contribution in [0.5, 0.6) is 0 Å². The van der Waals surface area contributed by atoms with Gasteiger partial charge in [-0.2, -0.15) is 0 Å². The Morgan fingerprint density at radius 1 is 1.42 bits per heavy atom. The van der Waals surface area contributed by atoms with Gasteiger partial charge in [0.1, 0.15) is 9.71 Å². The van der Waals surface area contributed by atoms with E-state index in [9.17, 15) is 4.79 Å². The summed E-state index contributed by atoms with van der Waals surface area (Å²) in [5, 5.41) is 4.39. The van der Waals surface area contributed by atoms with Crippen LogP contribution in [0.25, 0.3) is 10.2 Å². The molecule has 0 spiro atoms. The van der Waals surface area contributed by atoms with E-state index in [2.05, 4.69) is 23.3 Å². The maximum Gasteiger partial charge on any atom is 0.267 e. The van der Waals surface area contributed by atoms with Gasteiger partial charge in [0.05, 0.1) is 5.69 Å². The number of thiophene rings is 1. The highest BCUT2D eigenvalue weighted by atomic mass is 35.5. The fourth-order valence-electron chi connectivity index (χ4n) is 3.23. The number of fused-ring (bicyclic) bond motifs is 2. The number of anilines is 2. The Kier molecular flexibility index (Phi) is 4.34. The Hall–Kier alpha value is -2.15. The molecule has 0 aliphatic carbocycles. The summed E-state index contributed by atoms with van der Waals surface area (Å²) in [5.74, 6) is -0.231. The number of nitrogens with zero attached hydrogens (tertiary/aromatic N) is 2. The van der Waals surface area contributed by atoms with Gasteiger partial charge in [-0.1, -0.05) is 17.7 Å². The summed E-state index contributed by atoms with van der Waals surface area (Å²) in [4.78, 5) is 21.1. The van der Waals surface area contributed by atoms with E-state index in [1.807, 2.05) is 19.1 Å². The molecule has 0 bridgehead atoms. The topological polar surface area (TPSA) is 71.2 Å². The van der Waals surface area contributed by atoms with E-state index in [0.29, 0.717) is 21.3 Å². The number of benzene rings is 1. The standard InChI is InChI=1S/C19H19ClN4OS/c1-10-13(20)4-3-5-14(10)22-18(25)17-16(21)12-8-11-9-24(2)7-6-15(11)23-19(12)26-17/h3-5,8H,6-7,9,21H2,1-2H3,(H,22,25). The summed E-state index contributed by atoms with van der Waals surface area (Å²) in [6, 6.07) is 7.52. The van der Waals surface area contributed by atoms with Crippen LogP contribution in [0.1, 0.15) is 26.5 Å². The molecule has 0 radical (unpaired) electrons. The monoisotopic (exact) mass is 386 g/mol. The van der Waals surface area contributed by atoms with Gasteiger partial charge in [0.25, 0.3) is 5.91 Å². The Balaban J connectivity index is 1.71. The zero-order chi connectivity index (χ0) is 18.4. The molecule has 26 heavy (non-hydrogen) atoms. The molecule has 3 aromatic rings. The lowest BCUT2D eigenvalue weighted by Crippen LogP contribution is -2.27. The third-order valence-corrected chi connectivity index (χ3v) is 6.31. The van der Waals surface area contributed by atoms with Gasteiger partial charge in [0.2, 0.25) is 0 Å². The number of rotatable bonds is 2. The zero-order valence-corrected chi connectivity index (χ0v) is 16.2. The molecular formula is C19H19ClN4OS. The quantitative estimate of drug-likeness (QED) is 0.696. The largest absolute Gasteiger partial charge is 0.397 e. The number of nitrogen functional groups attached to an aromatic ring is 1. The van der Waals surface area contributed by atoms with Gasteiger partial charge in [-0.3, -0.25) is 4.79 Å². The molecule has 5 nitrogen and oxygen atoms in total. The van der Waals surface area contributed by atoms with Gasteiger partial charge >= 0.3 is 0 Å². The number of likely N-dealkylation sites (N-methyl/N-ethyl adjacent to an activating group) is 1. The van der Waals surface area contributed by atoms with Crippen molar-refractivity contribution in [1.29, 1.82) is 0 Å². The molecule has 0 fully saturated rings. The van der Waals surface area contributed by atoms with Crippen LogP contribution in [0.4, 0.5) is 11.4 Å². The first-order chi connectivity index (χ1) is 12.4. The fraction of sp³-hybridized carbons (Fsp3) is 0.263. The second-order valence-electron chi connectivity index (χ2n) is 6.65. The van der Waals surface area contributed by atoms with E-state index in [1.165, 1.54) is 16.9 Å². The first-order valence-corrected chi connectivity index (χ1v) is 9.59. The SMILES string of the molecule is Cc1c(Cl)cccc1NC(=O)c1sc2nc3c(cc2c1N)CN(C)CC3. The molecule has 1 aliphatic heterocycles. The van der Waals surface area contributed by atoms with Crippen LogP contribution in [0.2, 0.25) is 5.02 Å². The van der Waals surface area contributed by atoms with Crippen LogP contribution < -0.4 is 11.1 Å². The number of hydrogen-bond donors (Lipinski definition) is 2. The number of halogens is 1. The molecule has 3 heterocycles. The van der Waals surface area contributed by atoms with Crippen molar-refractivity contribution in [2.75, 3.05) is 24.6 Å². The van der Waals surface area contributed by atoms with Gasteiger partial charge < -0.3 is 16.0 Å². The maximum absolute atomic E-state index is 12.8. The number of aromatic nitrogens is 1. The molecule has 4 rings (SSSR count). The van der Waals surface area contributed by atoms with Crippen molar-refractivity contribution in [3.05, 3.63) is 51.0 Å². The van der Waals surface area contributed by atoms with Gasteiger partial charge in [0, 0.05) is 41.3 Å². The first-order valence-electron chi connectivity index (χ1n) is 8.40. The number of nitrogens with one attached hydrogen (secondary N) is 1. The molecule has 1 amide bonds. The van der Waals surface area contributed by atoms with Crippen LogP contribution >= 0.6 is 22.9 Å². The average molecular weight is 387 g/mol. The molecule has 7 heteroatoms. The summed E-state index contributed by atoms with van der Waals surface area (Å²) in [6.45, 7) is 3.73. The van der Waals surface area contributed by atoms with E-state index >= 15 is 0 Å². The molecule has 0 saturated heterocycles. The minimum Gasteiger partial charge on any atom is -0.397 e. The lowest BCUT2D eigenvalue weighted by Gasteiger charge is -2.24. The van der Waals surface area contributed by atoms with E-state index in [0.717, 1.165) is 41.0 Å². The summed E-state index contributed by atoms with van der Waals surface area (Å²) >= 11 is 7.48. The van der Waals surface area contributed by atoms with Crippen LogP contribution in [0.15, 0.2) is 24.3 Å². The minimum absolute atomic E-state index is 0.231. The summed E-state index contributed by atoms with van der Waals surface area (Å²) in [6.07, 6.45) is 0.919. The van der Waals surface area contributed by atoms with Crippen molar-refractivity contribution >= 4 is 50.4 Å². The molecule has 3 N–H and O–H groups in total. The molecule has 1 aliphatic rings. The second kappa shape index (κ2) is 6.54. The Labute approximate surface area is 160 Å². The van der Waals surface area contributed by atoms with Gasteiger partial charge in [-0.15, -0.1) is 11.3 Å². The van der Waals surface area contributed by atoms with Gasteiger partial charge in [0.15, 0.2) is 0 Å². The maximum atomic E-state index is 12.8. The van der Waals surface area contributed by atoms with E-state index < -0.39 is 0 Å². The van der Waals surface area contributed by atoms with Crippen LogP contribution in [0, 0.1) is 6.92 Å². The average Bonchev–Trinajstić information content (AvgIpc) is 2.93. The van der Waals surface area contributed by atoms with Gasteiger partial charge in [-0.05, 0) is 43.3 Å². The van der Waals surface area contributed by atoms with Crippen molar-refractivity contribution < 1.29 is 4.79 Å². The van der Waals surface area contributed by atoms with E-state index in [-0.39, 0.29) is 5.91 Å². The fourth-order valence-corrected chi connectivity index (χ4v) is 4.40. The summed E-state index contributed by atoms with van der Waals surface area (Å²) in [5.41, 5.74) is 10.6. The number of hydrogen-bond acceptors (Lipinski definition) is 5. The zero-order valence-electron chi connectivity index (χ0n) is 14.6. The third-order valence-electron chi connectivity index (χ3n) is 4.78. The van der Waals surface area contributed by atoms with Crippen molar-refractivity contribution in [3.63, 3.8) is 0 Å². The van der Waals surface area contributed by atoms with Crippen LogP contribution in [0.3, 0.4) is 0 Å². The first kappa shape index (κ1) is 17.3. The van der Waals surface area contributed by atoms with Crippen molar-refractivity contribution in [2.24, 2.45) is 0 Å². The lowest BCUT2D eigenvalue weighted by molar-refractivity contribution is 0.103. The third kappa shape index (κ3) is 2.94. The van der Waals surface area contributed by atoms with E-state index in [4.69, 9.17) is 22.3 Å². The number of carbonyl (C=O) groups is 1. The Morgan fingerprint density at radius 3 is 3.04 bits per heavy atom. The number of amides is 1. The lowest BCUT2D eigenvalue weighted by atomic mass is 10.0. The molecule has 2 aromatic heterocycles. The predicted octanol–water partition coefficient (Wildman–Crippen LogP) is 4.08. The van der Waals surface area contributed by atoms with Crippen molar-refractivity contribution in [2.45, 2.75) is 19.9 Å². The Bertz CT molecular complexity index is 1030. The molecule has 0 saturated carbocycles. The number of nitrogens with two attached hydrogens (primary N) is 1. The van der Waals surface area contributed by atoms with Crippen LogP contribution in [-0.2, 0) is 13.0 Å². The molecule has 134 valence electrons. The van der Waals surface area contributed by atoms with E-state index in [1.54, 1.807) is 6.07 Å². The van der Waals surface area contributed by atoms with Crippen molar-refractivity contribution in [3.8, 4) is 0 Å². The van der Waals surface area contributed by atoms with Crippen LogP contribution in [-0.4, -0.2) is 29.4 Å². The summed E-state index contributed by atoms with van der Waals surface area (Å²) in [7, 11) is 2.09. The predicted molar refractivity (Wildman–Crippen MR) is 108 cm³/mol.